The van der Waals surface area contributed by atoms with Crippen LogP contribution in [0.3, 0.4) is 0 Å². The molecule has 1 N–H and O–H groups in total. The number of amides is 1. The first-order chi connectivity index (χ1) is 17.8. The van der Waals surface area contributed by atoms with Crippen molar-refractivity contribution in [3.8, 4) is 0 Å². The second kappa shape index (κ2) is 11.5. The third kappa shape index (κ3) is 6.37. The van der Waals surface area contributed by atoms with Gasteiger partial charge in [0, 0.05) is 43.8 Å². The number of likely N-dealkylation sites (N-methyl/N-ethyl adjacent to an activating group) is 1. The number of hydrogen-bond donors (Lipinski definition) is 1. The van der Waals surface area contributed by atoms with Gasteiger partial charge in [-0.15, -0.1) is 0 Å². The number of nitrogens with one attached hydrogen (secondary N) is 1. The fraction of sp³-hybridized carbons (Fsp3) is 0.409. The van der Waals surface area contributed by atoms with Gasteiger partial charge in [-0.05, 0) is 7.05 Å². The normalized spacial score (nSPS) is 15.1. The summed E-state index contributed by atoms with van der Waals surface area (Å²) in [6, 6.07) is 2.16. The fourth-order valence-corrected chi connectivity index (χ4v) is 3.82. The van der Waals surface area contributed by atoms with Gasteiger partial charge >= 0.3 is 18.1 Å². The molecule has 1 fully saturated rings. The van der Waals surface area contributed by atoms with Crippen LogP contribution >= 0.6 is 0 Å². The summed E-state index contributed by atoms with van der Waals surface area (Å²) in [4.78, 5) is 66.7. The zero-order chi connectivity index (χ0) is 28.2. The Hall–Kier alpha value is -4.21. The van der Waals surface area contributed by atoms with Crippen molar-refractivity contribution in [2.75, 3.05) is 44.8 Å². The van der Waals surface area contributed by atoms with Crippen LogP contribution in [-0.4, -0.2) is 90.6 Å². The summed E-state index contributed by atoms with van der Waals surface area (Å²) in [6.45, 7) is 0.261. The number of aromatic nitrogens is 1. The largest absolute Gasteiger partial charge is 0.491 e. The molecule has 1 amide bonds. The highest BCUT2D eigenvalue weighted by Gasteiger charge is 2.43. The molecule has 1 atom stereocenters. The minimum Gasteiger partial charge on any atom is -0.386 e. The van der Waals surface area contributed by atoms with E-state index in [0.717, 1.165) is 6.20 Å². The van der Waals surface area contributed by atoms with Crippen molar-refractivity contribution in [1.82, 2.24) is 15.2 Å². The van der Waals surface area contributed by atoms with Crippen LogP contribution in [0.25, 0.3) is 10.9 Å². The molecule has 0 saturated carbocycles. The Kier molecular flexibility index (Phi) is 8.55. The third-order valence-corrected chi connectivity index (χ3v) is 5.74. The molecule has 1 aliphatic rings. The van der Waals surface area contributed by atoms with Gasteiger partial charge in [0.25, 0.3) is 11.6 Å². The lowest BCUT2D eigenvalue weighted by molar-refractivity contribution is -0.383. The van der Waals surface area contributed by atoms with E-state index in [-0.39, 0.29) is 27.8 Å². The van der Waals surface area contributed by atoms with Crippen LogP contribution in [0, 0.1) is 10.1 Å². The molecular formula is C22H21F4N5O7. The van der Waals surface area contributed by atoms with Crippen LogP contribution in [0.5, 0.6) is 0 Å². The zero-order valence-electron chi connectivity index (χ0n) is 19.8. The summed E-state index contributed by atoms with van der Waals surface area (Å²) >= 11 is 0. The number of rotatable bonds is 8. The predicted molar refractivity (Wildman–Crippen MR) is 122 cm³/mol. The number of esters is 2. The number of anilines is 1. The van der Waals surface area contributed by atoms with Gasteiger partial charge in [-0.3, -0.25) is 24.5 Å². The minimum absolute atomic E-state index is 0.0198. The number of carbonyl (C=O) groups excluding carboxylic acids is 4. The summed E-state index contributed by atoms with van der Waals surface area (Å²) < 4.78 is 53.9. The van der Waals surface area contributed by atoms with E-state index >= 15 is 0 Å². The summed E-state index contributed by atoms with van der Waals surface area (Å²) in [5, 5.41) is 13.8. The lowest BCUT2D eigenvalue weighted by atomic mass is 10.0. The molecule has 1 aliphatic heterocycles. The van der Waals surface area contributed by atoms with E-state index in [1.54, 1.807) is 4.90 Å². The first-order valence-electron chi connectivity index (χ1n) is 11.0. The molecule has 2 heterocycles. The SMILES string of the molecule is CN1CCN(c2c(C(=O)NC(CC(=O)OC(=O)C(F)(F)F)C(=O)CF)cnc3c([N+](=O)[O-])cccc23)CC1. The number of Topliss-reactive ketones (excluding diaryl/α,β-unsaturated/α-hetero) is 1. The molecule has 16 heteroatoms. The molecule has 38 heavy (non-hydrogen) atoms. The number of benzene rings is 1. The average molecular weight is 543 g/mol. The number of nitro benzene ring substituents is 1. The van der Waals surface area contributed by atoms with E-state index in [2.05, 4.69) is 15.0 Å². The number of non-ortho nitro benzene ring substituents is 1. The van der Waals surface area contributed by atoms with E-state index in [1.165, 1.54) is 18.2 Å². The number of nitro groups is 1. The first kappa shape index (κ1) is 28.4. The van der Waals surface area contributed by atoms with Crippen molar-refractivity contribution in [3.05, 3.63) is 40.1 Å². The van der Waals surface area contributed by atoms with Crippen molar-refractivity contribution < 1.29 is 46.4 Å². The molecular weight excluding hydrogens is 522 g/mol. The molecule has 1 aromatic heterocycles. The Morgan fingerprint density at radius 2 is 1.84 bits per heavy atom. The number of alkyl halides is 4. The highest BCUT2D eigenvalue weighted by molar-refractivity contribution is 6.10. The fourth-order valence-electron chi connectivity index (χ4n) is 3.82. The second-order valence-corrected chi connectivity index (χ2v) is 8.33. The van der Waals surface area contributed by atoms with Gasteiger partial charge in [-0.2, -0.15) is 13.2 Å². The number of hydrogen-bond acceptors (Lipinski definition) is 10. The smallest absolute Gasteiger partial charge is 0.386 e. The maximum atomic E-state index is 13.2. The predicted octanol–water partition coefficient (Wildman–Crippen LogP) is 1.55. The van der Waals surface area contributed by atoms with Crippen molar-refractivity contribution in [1.29, 1.82) is 0 Å². The topological polar surface area (TPSA) is 152 Å². The number of nitrogens with zero attached hydrogens (tertiary/aromatic N) is 4. The van der Waals surface area contributed by atoms with E-state index in [1.807, 2.05) is 11.9 Å². The van der Waals surface area contributed by atoms with Gasteiger partial charge in [0.1, 0.15) is 18.2 Å². The van der Waals surface area contributed by atoms with Crippen molar-refractivity contribution in [3.63, 3.8) is 0 Å². The summed E-state index contributed by atoms with van der Waals surface area (Å²) in [7, 11) is 1.87. The Bertz CT molecular complexity index is 1280. The van der Waals surface area contributed by atoms with Crippen LogP contribution in [-0.2, 0) is 19.1 Å². The maximum Gasteiger partial charge on any atom is 0.491 e. The first-order valence-corrected chi connectivity index (χ1v) is 11.0. The standard InChI is InChI=1S/C22H21F4N5O7/c1-29-5-7-30(8-6-29)19-12-3-2-4-15(31(36)37)18(12)27-11-13(19)20(34)28-14(16(32)10-23)9-17(33)38-21(35)22(24,25)26/h2-4,11,14H,5-10H2,1H3,(H,28,34). The molecule has 3 rings (SSSR count). The second-order valence-electron chi connectivity index (χ2n) is 8.33. The van der Waals surface area contributed by atoms with Gasteiger partial charge in [0.05, 0.1) is 22.6 Å². The molecule has 12 nitrogen and oxygen atoms in total. The molecule has 2 aromatic rings. The van der Waals surface area contributed by atoms with Gasteiger partial charge in [-0.25, -0.2) is 14.2 Å². The summed E-state index contributed by atoms with van der Waals surface area (Å²) in [5.41, 5.74) is -0.300. The number of para-hydroxylation sites is 1. The van der Waals surface area contributed by atoms with Crippen LogP contribution < -0.4 is 10.2 Å². The lowest BCUT2D eigenvalue weighted by Crippen LogP contribution is -2.47. The van der Waals surface area contributed by atoms with Crippen LogP contribution in [0.2, 0.25) is 0 Å². The monoisotopic (exact) mass is 543 g/mol. The van der Waals surface area contributed by atoms with Gasteiger partial charge in [0.15, 0.2) is 5.78 Å². The van der Waals surface area contributed by atoms with Crippen LogP contribution in [0.4, 0.5) is 28.9 Å². The molecule has 1 aromatic carbocycles. The molecule has 204 valence electrons. The highest BCUT2D eigenvalue weighted by Crippen LogP contribution is 2.34. The van der Waals surface area contributed by atoms with Crippen molar-refractivity contribution in [2.24, 2.45) is 0 Å². The average Bonchev–Trinajstić information content (AvgIpc) is 2.86. The maximum absolute atomic E-state index is 13.2. The third-order valence-electron chi connectivity index (χ3n) is 5.74. The molecule has 1 saturated heterocycles. The van der Waals surface area contributed by atoms with Crippen molar-refractivity contribution in [2.45, 2.75) is 18.6 Å². The number of carbonyl (C=O) groups is 4. The van der Waals surface area contributed by atoms with E-state index < -0.39 is 53.9 Å². The number of piperazine rings is 1. The number of pyridine rings is 1. The molecule has 0 bridgehead atoms. The van der Waals surface area contributed by atoms with Crippen LogP contribution in [0.1, 0.15) is 16.8 Å². The van der Waals surface area contributed by atoms with Crippen LogP contribution in [0.15, 0.2) is 24.4 Å². The Balaban J connectivity index is 1.98. The van der Waals surface area contributed by atoms with E-state index in [0.29, 0.717) is 26.2 Å². The number of fused-ring (bicyclic) bond motifs is 1. The minimum atomic E-state index is -5.49. The number of ketones is 1. The Morgan fingerprint density at radius 3 is 2.42 bits per heavy atom. The van der Waals surface area contributed by atoms with E-state index in [4.69, 9.17) is 0 Å². The summed E-state index contributed by atoms with van der Waals surface area (Å²) in [5.74, 6) is -7.06. The molecule has 1 unspecified atom stereocenters. The van der Waals surface area contributed by atoms with Crippen molar-refractivity contribution >= 4 is 45.9 Å². The zero-order valence-corrected chi connectivity index (χ0v) is 19.8. The molecule has 0 aliphatic carbocycles. The number of ether oxygens (including phenoxy) is 1. The summed E-state index contributed by atoms with van der Waals surface area (Å²) in [6.07, 6.45) is -5.73. The van der Waals surface area contributed by atoms with Gasteiger partial charge in [-0.1, -0.05) is 12.1 Å². The molecule has 0 radical (unpaired) electrons. The van der Waals surface area contributed by atoms with Gasteiger partial charge in [0.2, 0.25) is 0 Å². The van der Waals surface area contributed by atoms with Gasteiger partial charge < -0.3 is 19.9 Å². The Morgan fingerprint density at radius 1 is 1.18 bits per heavy atom. The number of halogens is 4. The quantitative estimate of drug-likeness (QED) is 0.171. The van der Waals surface area contributed by atoms with E-state index in [9.17, 15) is 46.9 Å². The molecule has 0 spiro atoms. The highest BCUT2D eigenvalue weighted by atomic mass is 19.4. The Labute approximate surface area is 211 Å². The lowest BCUT2D eigenvalue weighted by Gasteiger charge is -2.35.